The van der Waals surface area contributed by atoms with E-state index in [0.717, 1.165) is 19.1 Å². The highest BCUT2D eigenvalue weighted by Gasteiger charge is 2.27. The average molecular weight is 325 g/mol. The maximum atomic E-state index is 13.0. The second kappa shape index (κ2) is 9.06. The second-order valence-corrected chi connectivity index (χ2v) is 8.40. The van der Waals surface area contributed by atoms with Gasteiger partial charge in [-0.25, -0.2) is 17.5 Å². The van der Waals surface area contributed by atoms with E-state index in [9.17, 15) is 12.8 Å². The fraction of sp³-hybridized carbons (Fsp3) is 1.00. The van der Waals surface area contributed by atoms with E-state index in [1.165, 1.54) is 0 Å². The number of alkyl halides is 1. The average Bonchev–Trinajstić information content (AvgIpc) is 2.34. The molecular weight excluding hydrogens is 293 g/mol. The van der Waals surface area contributed by atoms with Crippen LogP contribution in [0.15, 0.2) is 0 Å². The number of ether oxygens (including phenoxy) is 1. The highest BCUT2D eigenvalue weighted by molar-refractivity contribution is 7.88. The number of hydrogen-bond acceptors (Lipinski definition) is 3. The van der Waals surface area contributed by atoms with Gasteiger partial charge in [0.25, 0.3) is 0 Å². The lowest BCUT2D eigenvalue weighted by molar-refractivity contribution is -0.0213. The minimum atomic E-state index is -3.24. The lowest BCUT2D eigenvalue weighted by Gasteiger charge is -2.31. The molecule has 3 atom stereocenters. The number of rotatable bonds is 11. The van der Waals surface area contributed by atoms with Gasteiger partial charge in [-0.05, 0) is 32.1 Å². The van der Waals surface area contributed by atoms with Crippen LogP contribution >= 0.6 is 0 Å². The summed E-state index contributed by atoms with van der Waals surface area (Å²) < 4.78 is 44.1. The van der Waals surface area contributed by atoms with E-state index in [4.69, 9.17) is 4.74 Å². The third kappa shape index (κ3) is 9.42. The molecule has 0 saturated carbocycles. The number of hydrogen-bond donors (Lipinski definition) is 1. The molecule has 0 heterocycles. The van der Waals surface area contributed by atoms with E-state index in [0.29, 0.717) is 13.0 Å². The summed E-state index contributed by atoms with van der Waals surface area (Å²) in [6.45, 7) is 9.75. The molecule has 0 saturated heterocycles. The first kappa shape index (κ1) is 20.8. The van der Waals surface area contributed by atoms with Crippen molar-refractivity contribution in [3.05, 3.63) is 0 Å². The molecule has 6 heteroatoms. The van der Waals surface area contributed by atoms with Gasteiger partial charge in [0.05, 0.1) is 12.4 Å². The molecule has 3 unspecified atom stereocenters. The van der Waals surface area contributed by atoms with Crippen LogP contribution in [0.5, 0.6) is 0 Å². The predicted octanol–water partition coefficient (Wildman–Crippen LogP) is 3.13. The standard InChI is InChI=1S/C15H32FNO3S/c1-7-12(3)14(10-16)20-11-13(8-2)9-15(4,5)17-21(6,18)19/h12-14,17H,7-11H2,1-6H3. The van der Waals surface area contributed by atoms with Gasteiger partial charge in [0.1, 0.15) is 6.67 Å². The fourth-order valence-corrected chi connectivity index (χ4v) is 3.56. The Morgan fingerprint density at radius 2 is 1.81 bits per heavy atom. The SMILES string of the molecule is CCC(COC(CF)C(C)CC)CC(C)(C)NS(C)(=O)=O. The number of sulfonamides is 1. The van der Waals surface area contributed by atoms with Crippen molar-refractivity contribution in [3.8, 4) is 0 Å². The van der Waals surface area contributed by atoms with Crippen LogP contribution in [-0.4, -0.2) is 39.6 Å². The Bertz CT molecular complexity index is 384. The molecule has 0 aliphatic rings. The Hall–Kier alpha value is -0.200. The molecule has 0 fully saturated rings. The lowest BCUT2D eigenvalue weighted by Crippen LogP contribution is -2.44. The van der Waals surface area contributed by atoms with E-state index in [1.807, 2.05) is 34.6 Å². The van der Waals surface area contributed by atoms with E-state index >= 15 is 0 Å². The number of halogens is 1. The van der Waals surface area contributed by atoms with Gasteiger partial charge in [0, 0.05) is 12.1 Å². The summed E-state index contributed by atoms with van der Waals surface area (Å²) in [5, 5.41) is 0. The van der Waals surface area contributed by atoms with Gasteiger partial charge in [-0.15, -0.1) is 0 Å². The summed E-state index contributed by atoms with van der Waals surface area (Å²) in [6, 6.07) is 0. The van der Waals surface area contributed by atoms with Crippen molar-refractivity contribution in [1.29, 1.82) is 0 Å². The van der Waals surface area contributed by atoms with E-state index in [1.54, 1.807) is 0 Å². The topological polar surface area (TPSA) is 55.4 Å². The molecule has 0 amide bonds. The van der Waals surface area contributed by atoms with Gasteiger partial charge in [0.15, 0.2) is 0 Å². The van der Waals surface area contributed by atoms with Crippen LogP contribution in [0.2, 0.25) is 0 Å². The van der Waals surface area contributed by atoms with Crippen LogP contribution < -0.4 is 4.72 Å². The van der Waals surface area contributed by atoms with Gasteiger partial charge in [-0.3, -0.25) is 0 Å². The lowest BCUT2D eigenvalue weighted by atomic mass is 9.90. The number of nitrogens with one attached hydrogen (secondary N) is 1. The van der Waals surface area contributed by atoms with Gasteiger partial charge in [0.2, 0.25) is 10.0 Å². The summed E-state index contributed by atoms with van der Waals surface area (Å²) in [7, 11) is -3.24. The molecule has 0 aliphatic heterocycles. The Kier molecular flexibility index (Phi) is 8.97. The molecule has 0 aromatic rings. The molecule has 0 rings (SSSR count). The molecule has 0 radical (unpaired) electrons. The normalized spacial score (nSPS) is 17.5. The van der Waals surface area contributed by atoms with Crippen LogP contribution in [0.3, 0.4) is 0 Å². The molecule has 0 bridgehead atoms. The van der Waals surface area contributed by atoms with Crippen LogP contribution in [0.4, 0.5) is 4.39 Å². The van der Waals surface area contributed by atoms with Crippen LogP contribution in [-0.2, 0) is 14.8 Å². The third-order valence-electron chi connectivity index (χ3n) is 3.81. The van der Waals surface area contributed by atoms with Crippen LogP contribution in [0.25, 0.3) is 0 Å². The van der Waals surface area contributed by atoms with Crippen molar-refractivity contribution in [2.75, 3.05) is 19.5 Å². The molecule has 0 aromatic carbocycles. The van der Waals surface area contributed by atoms with Gasteiger partial charge in [-0.1, -0.05) is 33.6 Å². The zero-order valence-corrected chi connectivity index (χ0v) is 15.1. The van der Waals surface area contributed by atoms with Crippen molar-refractivity contribution in [1.82, 2.24) is 4.72 Å². The van der Waals surface area contributed by atoms with Crippen molar-refractivity contribution in [2.24, 2.45) is 11.8 Å². The molecule has 128 valence electrons. The maximum absolute atomic E-state index is 13.0. The third-order valence-corrected chi connectivity index (χ3v) is 4.74. The highest BCUT2D eigenvalue weighted by atomic mass is 32.2. The molecule has 4 nitrogen and oxygen atoms in total. The van der Waals surface area contributed by atoms with E-state index in [-0.39, 0.29) is 17.9 Å². The fourth-order valence-electron chi connectivity index (χ4n) is 2.47. The maximum Gasteiger partial charge on any atom is 0.209 e. The summed E-state index contributed by atoms with van der Waals surface area (Å²) in [5.41, 5.74) is -0.529. The summed E-state index contributed by atoms with van der Waals surface area (Å²) in [6.07, 6.45) is 3.21. The summed E-state index contributed by atoms with van der Waals surface area (Å²) in [4.78, 5) is 0. The Labute approximate surface area is 129 Å². The van der Waals surface area contributed by atoms with Crippen molar-refractivity contribution < 1.29 is 17.5 Å². The molecule has 0 aliphatic carbocycles. The summed E-state index contributed by atoms with van der Waals surface area (Å²) in [5.74, 6) is 0.391. The molecule has 0 spiro atoms. The minimum absolute atomic E-state index is 0.190. The van der Waals surface area contributed by atoms with E-state index in [2.05, 4.69) is 4.72 Å². The quantitative estimate of drug-likeness (QED) is 0.635. The second-order valence-electron chi connectivity index (χ2n) is 6.65. The zero-order valence-electron chi connectivity index (χ0n) is 14.3. The van der Waals surface area contributed by atoms with Crippen LogP contribution in [0, 0.1) is 11.8 Å². The highest BCUT2D eigenvalue weighted by Crippen LogP contribution is 2.22. The van der Waals surface area contributed by atoms with Crippen molar-refractivity contribution in [2.45, 2.75) is 65.5 Å². The smallest absolute Gasteiger partial charge is 0.209 e. The first-order valence-electron chi connectivity index (χ1n) is 7.71. The van der Waals surface area contributed by atoms with Gasteiger partial charge >= 0.3 is 0 Å². The van der Waals surface area contributed by atoms with Crippen molar-refractivity contribution >= 4 is 10.0 Å². The molecular formula is C15H32FNO3S. The first-order chi connectivity index (χ1) is 9.54. The molecule has 1 N–H and O–H groups in total. The first-order valence-corrected chi connectivity index (χ1v) is 9.60. The van der Waals surface area contributed by atoms with E-state index < -0.39 is 22.2 Å². The van der Waals surface area contributed by atoms with Gasteiger partial charge < -0.3 is 4.74 Å². The van der Waals surface area contributed by atoms with Crippen LogP contribution in [0.1, 0.15) is 53.9 Å². The summed E-state index contributed by atoms with van der Waals surface area (Å²) >= 11 is 0. The molecule has 0 aromatic heterocycles. The Morgan fingerprint density at radius 3 is 2.19 bits per heavy atom. The predicted molar refractivity (Wildman–Crippen MR) is 85.6 cm³/mol. The monoisotopic (exact) mass is 325 g/mol. The Balaban J connectivity index is 4.52. The van der Waals surface area contributed by atoms with Crippen molar-refractivity contribution in [3.63, 3.8) is 0 Å². The Morgan fingerprint density at radius 1 is 1.24 bits per heavy atom. The van der Waals surface area contributed by atoms with Gasteiger partial charge in [-0.2, -0.15) is 0 Å². The largest absolute Gasteiger partial charge is 0.375 e. The molecule has 21 heavy (non-hydrogen) atoms. The zero-order chi connectivity index (χ0) is 16.7. The minimum Gasteiger partial charge on any atom is -0.375 e.